The standard InChI is InChI=1S/C8H12FN3O2S/c1-6(4-10)15(13,14)12-8-2-3-11-5-7(8)9/h2-3,5-6H,4,10H2,1H3,(H,11,12). The third-order valence-electron chi connectivity index (χ3n) is 1.89. The summed E-state index contributed by atoms with van der Waals surface area (Å²) in [6.45, 7) is 1.42. The number of sulfonamides is 1. The molecule has 0 saturated carbocycles. The predicted molar refractivity (Wildman–Crippen MR) is 55.3 cm³/mol. The van der Waals surface area contributed by atoms with Gasteiger partial charge in [-0.3, -0.25) is 9.71 Å². The smallest absolute Gasteiger partial charge is 0.236 e. The summed E-state index contributed by atoms with van der Waals surface area (Å²) >= 11 is 0. The van der Waals surface area contributed by atoms with Gasteiger partial charge in [0.05, 0.1) is 17.1 Å². The molecule has 1 heterocycles. The van der Waals surface area contributed by atoms with Crippen LogP contribution in [0.5, 0.6) is 0 Å². The molecule has 0 aliphatic carbocycles. The van der Waals surface area contributed by atoms with Crippen LogP contribution in [0.4, 0.5) is 10.1 Å². The fourth-order valence-corrected chi connectivity index (χ4v) is 1.77. The summed E-state index contributed by atoms with van der Waals surface area (Å²) in [6, 6.07) is 1.25. The molecule has 0 fully saturated rings. The van der Waals surface area contributed by atoms with E-state index in [4.69, 9.17) is 5.73 Å². The highest BCUT2D eigenvalue weighted by atomic mass is 32.2. The molecule has 0 aromatic carbocycles. The van der Waals surface area contributed by atoms with E-state index >= 15 is 0 Å². The van der Waals surface area contributed by atoms with Crippen molar-refractivity contribution in [1.82, 2.24) is 4.98 Å². The number of nitrogens with one attached hydrogen (secondary N) is 1. The topological polar surface area (TPSA) is 85.1 Å². The van der Waals surface area contributed by atoms with Crippen molar-refractivity contribution in [3.8, 4) is 0 Å². The Hall–Kier alpha value is -1.21. The number of halogens is 1. The van der Waals surface area contributed by atoms with Crippen LogP contribution < -0.4 is 10.5 Å². The molecule has 1 aromatic rings. The summed E-state index contributed by atoms with van der Waals surface area (Å²) in [4.78, 5) is 3.51. The highest BCUT2D eigenvalue weighted by molar-refractivity contribution is 7.93. The molecule has 0 aliphatic heterocycles. The minimum absolute atomic E-state index is 0.0258. The lowest BCUT2D eigenvalue weighted by atomic mass is 10.4. The Morgan fingerprint density at radius 2 is 2.33 bits per heavy atom. The zero-order chi connectivity index (χ0) is 11.5. The molecule has 84 valence electrons. The van der Waals surface area contributed by atoms with E-state index in [-0.39, 0.29) is 12.2 Å². The first-order valence-electron chi connectivity index (χ1n) is 4.28. The molecule has 3 N–H and O–H groups in total. The van der Waals surface area contributed by atoms with Crippen LogP contribution in [0, 0.1) is 5.82 Å². The Labute approximate surface area is 87.6 Å². The van der Waals surface area contributed by atoms with Crippen LogP contribution in [-0.4, -0.2) is 25.2 Å². The maximum Gasteiger partial charge on any atom is 0.236 e. The summed E-state index contributed by atoms with van der Waals surface area (Å²) < 4.78 is 38.2. The molecule has 5 nitrogen and oxygen atoms in total. The largest absolute Gasteiger partial charge is 0.329 e. The van der Waals surface area contributed by atoms with E-state index < -0.39 is 21.1 Å². The van der Waals surface area contributed by atoms with Gasteiger partial charge >= 0.3 is 0 Å². The van der Waals surface area contributed by atoms with E-state index in [1.807, 2.05) is 0 Å². The third-order valence-corrected chi connectivity index (χ3v) is 3.64. The van der Waals surface area contributed by atoms with Gasteiger partial charge in [-0.05, 0) is 13.0 Å². The first kappa shape index (κ1) is 11.9. The average Bonchev–Trinajstić information content (AvgIpc) is 2.20. The molecule has 1 unspecified atom stereocenters. The van der Waals surface area contributed by atoms with Gasteiger partial charge in [0.2, 0.25) is 10.0 Å². The molecule has 0 amide bonds. The molecule has 0 radical (unpaired) electrons. The molecule has 0 saturated heterocycles. The van der Waals surface area contributed by atoms with E-state index in [0.717, 1.165) is 6.20 Å². The van der Waals surface area contributed by atoms with Gasteiger partial charge in [-0.1, -0.05) is 0 Å². The lowest BCUT2D eigenvalue weighted by Gasteiger charge is -2.12. The fourth-order valence-electron chi connectivity index (χ4n) is 0.838. The van der Waals surface area contributed by atoms with Crippen molar-refractivity contribution < 1.29 is 12.8 Å². The van der Waals surface area contributed by atoms with E-state index in [0.29, 0.717) is 0 Å². The van der Waals surface area contributed by atoms with Crippen LogP contribution in [0.3, 0.4) is 0 Å². The Bertz CT molecular complexity index is 435. The summed E-state index contributed by atoms with van der Waals surface area (Å²) in [5.41, 5.74) is 5.10. The molecular formula is C8H12FN3O2S. The molecule has 15 heavy (non-hydrogen) atoms. The van der Waals surface area contributed by atoms with Crippen LogP contribution >= 0.6 is 0 Å². The van der Waals surface area contributed by atoms with Crippen molar-refractivity contribution in [2.75, 3.05) is 11.3 Å². The van der Waals surface area contributed by atoms with Crippen LogP contribution in [0.1, 0.15) is 6.92 Å². The van der Waals surface area contributed by atoms with Crippen molar-refractivity contribution in [3.63, 3.8) is 0 Å². The number of hydrogen-bond acceptors (Lipinski definition) is 4. The van der Waals surface area contributed by atoms with Gasteiger partial charge in [0, 0.05) is 12.7 Å². The molecule has 0 aliphatic rings. The summed E-state index contributed by atoms with van der Waals surface area (Å²) in [5, 5.41) is -0.773. The zero-order valence-electron chi connectivity index (χ0n) is 8.14. The maximum absolute atomic E-state index is 13.1. The summed E-state index contributed by atoms with van der Waals surface area (Å²) in [5.74, 6) is -0.717. The minimum Gasteiger partial charge on any atom is -0.329 e. The van der Waals surface area contributed by atoms with Crippen LogP contribution in [-0.2, 0) is 10.0 Å². The fraction of sp³-hybridized carbons (Fsp3) is 0.375. The predicted octanol–water partition coefficient (Wildman–Crippen LogP) is 0.310. The first-order valence-corrected chi connectivity index (χ1v) is 5.83. The molecule has 1 rings (SSSR count). The number of nitrogens with zero attached hydrogens (tertiary/aromatic N) is 1. The molecule has 0 bridgehead atoms. The Morgan fingerprint density at radius 1 is 1.67 bits per heavy atom. The van der Waals surface area contributed by atoms with Gasteiger partial charge in [0.25, 0.3) is 0 Å². The minimum atomic E-state index is -3.63. The number of hydrogen-bond donors (Lipinski definition) is 2. The monoisotopic (exact) mass is 233 g/mol. The Balaban J connectivity index is 2.92. The number of anilines is 1. The average molecular weight is 233 g/mol. The highest BCUT2D eigenvalue weighted by Crippen LogP contribution is 2.14. The van der Waals surface area contributed by atoms with Crippen molar-refractivity contribution >= 4 is 15.7 Å². The number of rotatable bonds is 4. The molecule has 1 aromatic heterocycles. The second kappa shape index (κ2) is 4.54. The molecule has 0 spiro atoms. The van der Waals surface area contributed by atoms with Crippen LogP contribution in [0.15, 0.2) is 18.5 Å². The molecular weight excluding hydrogens is 221 g/mol. The number of aromatic nitrogens is 1. The maximum atomic E-state index is 13.1. The molecule has 7 heteroatoms. The van der Waals surface area contributed by atoms with Crippen molar-refractivity contribution in [2.45, 2.75) is 12.2 Å². The normalized spacial score (nSPS) is 13.5. The lowest BCUT2D eigenvalue weighted by molar-refractivity contribution is 0.587. The van der Waals surface area contributed by atoms with Crippen molar-refractivity contribution in [1.29, 1.82) is 0 Å². The van der Waals surface area contributed by atoms with Gasteiger partial charge in [-0.15, -0.1) is 0 Å². The number of pyridine rings is 1. The zero-order valence-corrected chi connectivity index (χ0v) is 8.96. The molecule has 1 atom stereocenters. The quantitative estimate of drug-likeness (QED) is 0.783. The lowest BCUT2D eigenvalue weighted by Crippen LogP contribution is -2.31. The van der Waals surface area contributed by atoms with Gasteiger partial charge in [-0.2, -0.15) is 0 Å². The second-order valence-electron chi connectivity index (χ2n) is 3.05. The van der Waals surface area contributed by atoms with Gasteiger partial charge in [0.15, 0.2) is 5.82 Å². The third kappa shape index (κ3) is 2.87. The van der Waals surface area contributed by atoms with E-state index in [1.165, 1.54) is 19.2 Å². The van der Waals surface area contributed by atoms with Gasteiger partial charge < -0.3 is 5.73 Å². The SMILES string of the molecule is CC(CN)S(=O)(=O)Nc1ccncc1F. The Kier molecular flexibility index (Phi) is 3.59. The van der Waals surface area contributed by atoms with Gasteiger partial charge in [-0.25, -0.2) is 12.8 Å². The van der Waals surface area contributed by atoms with Crippen LogP contribution in [0.25, 0.3) is 0 Å². The highest BCUT2D eigenvalue weighted by Gasteiger charge is 2.20. The van der Waals surface area contributed by atoms with Gasteiger partial charge in [0.1, 0.15) is 0 Å². The summed E-state index contributed by atoms with van der Waals surface area (Å²) in [7, 11) is -3.63. The summed E-state index contributed by atoms with van der Waals surface area (Å²) in [6.07, 6.45) is 2.24. The van der Waals surface area contributed by atoms with Crippen LogP contribution in [0.2, 0.25) is 0 Å². The van der Waals surface area contributed by atoms with Crippen molar-refractivity contribution in [3.05, 3.63) is 24.3 Å². The number of nitrogens with two attached hydrogens (primary N) is 1. The second-order valence-corrected chi connectivity index (χ2v) is 5.15. The Morgan fingerprint density at radius 3 is 2.87 bits per heavy atom. The van der Waals surface area contributed by atoms with E-state index in [1.54, 1.807) is 0 Å². The van der Waals surface area contributed by atoms with E-state index in [2.05, 4.69) is 9.71 Å². The van der Waals surface area contributed by atoms with Crippen molar-refractivity contribution in [2.24, 2.45) is 5.73 Å². The van der Waals surface area contributed by atoms with E-state index in [9.17, 15) is 12.8 Å². The first-order chi connectivity index (χ1) is 6.97.